The number of carbonyl (C=O) groups excluding carboxylic acids is 1. The summed E-state index contributed by atoms with van der Waals surface area (Å²) in [6, 6.07) is 16.0. The van der Waals surface area contributed by atoms with Crippen LogP contribution in [0.5, 0.6) is 11.5 Å². The van der Waals surface area contributed by atoms with Crippen LogP contribution >= 0.6 is 0 Å². The van der Waals surface area contributed by atoms with E-state index in [1.807, 2.05) is 41.3 Å². The van der Waals surface area contributed by atoms with Crippen molar-refractivity contribution in [2.45, 2.75) is 38.0 Å². The van der Waals surface area contributed by atoms with E-state index in [1.165, 1.54) is 18.4 Å². The van der Waals surface area contributed by atoms with E-state index in [0.717, 1.165) is 43.2 Å². The summed E-state index contributed by atoms with van der Waals surface area (Å²) in [5, 5.41) is 0. The van der Waals surface area contributed by atoms with Gasteiger partial charge in [-0.15, -0.1) is 0 Å². The first-order chi connectivity index (χ1) is 13.7. The van der Waals surface area contributed by atoms with Crippen molar-refractivity contribution in [3.63, 3.8) is 0 Å². The van der Waals surface area contributed by atoms with Crippen molar-refractivity contribution in [3.05, 3.63) is 54.1 Å². The fraction of sp³-hybridized carbons (Fsp3) is 0.435. The summed E-state index contributed by atoms with van der Waals surface area (Å²) in [5.74, 6) is 2.54. The van der Waals surface area contributed by atoms with Gasteiger partial charge >= 0.3 is 0 Å². The van der Waals surface area contributed by atoms with E-state index in [1.54, 1.807) is 7.11 Å². The Bertz CT molecular complexity index is 862. The van der Waals surface area contributed by atoms with Crippen molar-refractivity contribution in [3.8, 4) is 11.5 Å². The van der Waals surface area contributed by atoms with Gasteiger partial charge in [0.05, 0.1) is 18.8 Å². The normalized spacial score (nSPS) is 24.3. The molecule has 0 unspecified atom stereocenters. The number of benzene rings is 2. The Morgan fingerprint density at radius 3 is 2.64 bits per heavy atom. The minimum Gasteiger partial charge on any atom is -0.497 e. The smallest absolute Gasteiger partial charge is 0.244 e. The molecule has 5 nitrogen and oxygen atoms in total. The highest BCUT2D eigenvalue weighted by Crippen LogP contribution is 2.39. The van der Waals surface area contributed by atoms with Crippen LogP contribution in [0.3, 0.4) is 0 Å². The topological polar surface area (TPSA) is 42.0 Å². The van der Waals surface area contributed by atoms with Gasteiger partial charge in [-0.25, -0.2) is 0 Å². The zero-order valence-corrected chi connectivity index (χ0v) is 16.2. The SMILES string of the molecule is COc1ccc(CN2C[C@@H]3C[C@H]2C(=O)N(CC2CC2)c2ccccc2O3)cc1. The Labute approximate surface area is 165 Å². The zero-order valence-electron chi connectivity index (χ0n) is 16.2. The first-order valence-corrected chi connectivity index (χ1v) is 10.2. The average molecular weight is 378 g/mol. The summed E-state index contributed by atoms with van der Waals surface area (Å²) < 4.78 is 11.6. The van der Waals surface area contributed by atoms with Gasteiger partial charge in [0.2, 0.25) is 5.91 Å². The molecule has 0 aromatic heterocycles. The molecular formula is C23H26N2O3. The fourth-order valence-corrected chi connectivity index (χ4v) is 4.35. The number of ether oxygens (including phenoxy) is 2. The van der Waals surface area contributed by atoms with E-state index in [4.69, 9.17) is 9.47 Å². The van der Waals surface area contributed by atoms with Gasteiger partial charge in [-0.3, -0.25) is 9.69 Å². The molecule has 2 fully saturated rings. The minimum absolute atomic E-state index is 0.0522. The maximum absolute atomic E-state index is 13.6. The number of nitrogens with zero attached hydrogens (tertiary/aromatic N) is 2. The maximum atomic E-state index is 13.6. The number of carbonyl (C=O) groups is 1. The Balaban J connectivity index is 1.42. The van der Waals surface area contributed by atoms with Crippen LogP contribution in [0, 0.1) is 5.92 Å². The van der Waals surface area contributed by atoms with Crippen LogP contribution in [0.25, 0.3) is 0 Å². The highest BCUT2D eigenvalue weighted by molar-refractivity contribution is 5.99. The lowest BCUT2D eigenvalue weighted by atomic mass is 10.1. The van der Waals surface area contributed by atoms with Crippen molar-refractivity contribution in [1.29, 1.82) is 0 Å². The molecule has 2 atom stereocenters. The van der Waals surface area contributed by atoms with Crippen molar-refractivity contribution < 1.29 is 14.3 Å². The molecule has 0 radical (unpaired) electrons. The third-order valence-corrected chi connectivity index (χ3v) is 6.05. The third kappa shape index (κ3) is 3.35. The summed E-state index contributed by atoms with van der Waals surface area (Å²) in [7, 11) is 1.67. The predicted octanol–water partition coefficient (Wildman–Crippen LogP) is 3.47. The van der Waals surface area contributed by atoms with Crippen LogP contribution < -0.4 is 14.4 Å². The molecule has 2 aromatic carbocycles. The molecule has 5 rings (SSSR count). The Morgan fingerprint density at radius 2 is 1.89 bits per heavy atom. The number of rotatable bonds is 5. The first kappa shape index (κ1) is 17.6. The number of para-hydroxylation sites is 2. The van der Waals surface area contributed by atoms with Crippen LogP contribution in [-0.2, 0) is 11.3 Å². The summed E-state index contributed by atoms with van der Waals surface area (Å²) in [6.07, 6.45) is 3.24. The van der Waals surface area contributed by atoms with Crippen molar-refractivity contribution in [2.75, 3.05) is 25.1 Å². The second kappa shape index (κ2) is 7.13. The number of hydrogen-bond acceptors (Lipinski definition) is 4. The molecule has 3 aliphatic rings. The van der Waals surface area contributed by atoms with E-state index in [2.05, 4.69) is 17.0 Å². The van der Waals surface area contributed by atoms with Gasteiger partial charge in [-0.05, 0) is 48.6 Å². The standard InChI is InChI=1S/C23H26N2O3/c1-27-18-10-8-16(9-11-18)13-24-15-19-12-21(24)23(26)25(14-17-6-7-17)20-4-2-3-5-22(20)28-19/h2-5,8-11,17,19,21H,6-7,12-15H2,1H3/t19-,21-/m0/s1. The summed E-state index contributed by atoms with van der Waals surface area (Å²) in [5.41, 5.74) is 2.12. The van der Waals surface area contributed by atoms with Gasteiger partial charge in [-0.2, -0.15) is 0 Å². The van der Waals surface area contributed by atoms with Gasteiger partial charge < -0.3 is 14.4 Å². The molecule has 146 valence electrons. The average Bonchev–Trinajstić information content (AvgIpc) is 3.45. The Hall–Kier alpha value is -2.53. The molecule has 0 N–H and O–H groups in total. The van der Waals surface area contributed by atoms with E-state index in [0.29, 0.717) is 5.92 Å². The monoisotopic (exact) mass is 378 g/mol. The number of methoxy groups -OCH3 is 1. The quantitative estimate of drug-likeness (QED) is 0.799. The van der Waals surface area contributed by atoms with Crippen molar-refractivity contribution >= 4 is 11.6 Å². The molecule has 2 heterocycles. The van der Waals surface area contributed by atoms with Crippen LogP contribution in [0.4, 0.5) is 5.69 Å². The zero-order chi connectivity index (χ0) is 19.1. The molecule has 5 heteroatoms. The lowest BCUT2D eigenvalue weighted by Crippen LogP contribution is -2.46. The second-order valence-electron chi connectivity index (χ2n) is 8.13. The highest BCUT2D eigenvalue weighted by Gasteiger charge is 2.43. The van der Waals surface area contributed by atoms with Crippen LogP contribution in [0.1, 0.15) is 24.8 Å². The molecule has 2 aromatic rings. The van der Waals surface area contributed by atoms with Crippen molar-refractivity contribution in [2.24, 2.45) is 5.92 Å². The molecule has 2 aliphatic heterocycles. The molecule has 1 aliphatic carbocycles. The van der Waals surface area contributed by atoms with E-state index in [9.17, 15) is 4.79 Å². The van der Waals surface area contributed by atoms with Gasteiger partial charge in [0.25, 0.3) is 0 Å². The van der Waals surface area contributed by atoms with Gasteiger partial charge in [0, 0.05) is 26.1 Å². The second-order valence-corrected chi connectivity index (χ2v) is 8.13. The maximum Gasteiger partial charge on any atom is 0.244 e. The Morgan fingerprint density at radius 1 is 1.11 bits per heavy atom. The predicted molar refractivity (Wildman–Crippen MR) is 108 cm³/mol. The molecule has 0 spiro atoms. The van der Waals surface area contributed by atoms with Gasteiger partial charge in [0.1, 0.15) is 17.6 Å². The van der Waals surface area contributed by atoms with E-state index in [-0.39, 0.29) is 18.1 Å². The molecule has 2 bridgehead atoms. The highest BCUT2D eigenvalue weighted by atomic mass is 16.5. The number of fused-ring (bicyclic) bond motifs is 3. The van der Waals surface area contributed by atoms with Crippen LogP contribution in [-0.4, -0.2) is 43.2 Å². The van der Waals surface area contributed by atoms with Crippen LogP contribution in [0.2, 0.25) is 0 Å². The summed E-state index contributed by atoms with van der Waals surface area (Å²) in [6.45, 7) is 2.32. The lowest BCUT2D eigenvalue weighted by Gasteiger charge is -2.32. The van der Waals surface area contributed by atoms with E-state index >= 15 is 0 Å². The van der Waals surface area contributed by atoms with Gasteiger partial charge in [-0.1, -0.05) is 24.3 Å². The summed E-state index contributed by atoms with van der Waals surface area (Å²) >= 11 is 0. The fourth-order valence-electron chi connectivity index (χ4n) is 4.35. The molecule has 1 amide bonds. The molecule has 1 saturated heterocycles. The summed E-state index contributed by atoms with van der Waals surface area (Å²) in [4.78, 5) is 17.9. The largest absolute Gasteiger partial charge is 0.497 e. The first-order valence-electron chi connectivity index (χ1n) is 10.2. The van der Waals surface area contributed by atoms with Crippen molar-refractivity contribution in [1.82, 2.24) is 4.90 Å². The van der Waals surface area contributed by atoms with Gasteiger partial charge in [0.15, 0.2) is 0 Å². The number of amides is 1. The third-order valence-electron chi connectivity index (χ3n) is 6.05. The lowest BCUT2D eigenvalue weighted by molar-refractivity contribution is -0.123. The Kier molecular flexibility index (Phi) is 4.47. The minimum atomic E-state index is -0.126. The number of likely N-dealkylation sites (tertiary alicyclic amines) is 1. The van der Waals surface area contributed by atoms with Crippen LogP contribution in [0.15, 0.2) is 48.5 Å². The molecule has 1 saturated carbocycles. The van der Waals surface area contributed by atoms with E-state index < -0.39 is 0 Å². The molecule has 28 heavy (non-hydrogen) atoms. The number of anilines is 1. The molecular weight excluding hydrogens is 352 g/mol. The number of hydrogen-bond donors (Lipinski definition) is 0.